The minimum absolute atomic E-state index is 0.176. The van der Waals surface area contributed by atoms with Gasteiger partial charge in [0.25, 0.3) is 5.91 Å². The number of aliphatic hydroxyl groups excluding tert-OH is 1. The second-order valence-corrected chi connectivity index (χ2v) is 6.93. The van der Waals surface area contributed by atoms with Gasteiger partial charge in [-0.15, -0.1) is 0 Å². The second kappa shape index (κ2) is 7.64. The van der Waals surface area contributed by atoms with Crippen LogP contribution < -0.4 is 10.1 Å². The number of aliphatic hydroxyl groups is 1. The smallest absolute Gasteiger partial charge is 0.251 e. The molecule has 6 heteroatoms. The lowest BCUT2D eigenvalue weighted by Gasteiger charge is -2.25. The number of hydrogen-bond donors (Lipinski definition) is 2. The van der Waals surface area contributed by atoms with Gasteiger partial charge in [-0.05, 0) is 35.7 Å². The maximum atomic E-state index is 12.2. The van der Waals surface area contributed by atoms with Gasteiger partial charge < -0.3 is 15.2 Å². The van der Waals surface area contributed by atoms with Gasteiger partial charge in [-0.1, -0.05) is 32.4 Å². The number of carbonyl (C=O) groups excluding carboxylic acids is 1. The van der Waals surface area contributed by atoms with E-state index in [0.717, 1.165) is 0 Å². The predicted molar refractivity (Wildman–Crippen MR) is 93.6 cm³/mol. The number of carbonyl (C=O) groups is 1. The number of rotatable bonds is 5. The zero-order valence-electron chi connectivity index (χ0n) is 13.9. The monoisotopic (exact) mass is 348 g/mol. The predicted octanol–water partition coefficient (Wildman–Crippen LogP) is 3.66. The van der Waals surface area contributed by atoms with Gasteiger partial charge in [0.05, 0.1) is 11.1 Å². The molecule has 24 heavy (non-hydrogen) atoms. The van der Waals surface area contributed by atoms with Gasteiger partial charge in [-0.3, -0.25) is 9.78 Å². The fourth-order valence-corrected chi connectivity index (χ4v) is 2.07. The molecule has 0 fully saturated rings. The van der Waals surface area contributed by atoms with Crippen molar-refractivity contribution in [3.05, 3.63) is 53.3 Å². The zero-order chi connectivity index (χ0) is 17.7. The summed E-state index contributed by atoms with van der Waals surface area (Å²) in [6.45, 7) is 5.90. The minimum atomic E-state index is -0.633. The zero-order valence-corrected chi connectivity index (χ0v) is 14.7. The molecule has 1 unspecified atom stereocenters. The Kier molecular flexibility index (Phi) is 5.80. The van der Waals surface area contributed by atoms with E-state index >= 15 is 0 Å². The number of halogens is 1. The van der Waals surface area contributed by atoms with E-state index in [9.17, 15) is 9.90 Å². The molecule has 0 aliphatic carbocycles. The van der Waals surface area contributed by atoms with E-state index in [4.69, 9.17) is 16.3 Å². The normalized spacial score (nSPS) is 12.5. The lowest BCUT2D eigenvalue weighted by Crippen LogP contribution is -2.39. The van der Waals surface area contributed by atoms with Gasteiger partial charge in [0.1, 0.15) is 11.5 Å². The number of amides is 1. The van der Waals surface area contributed by atoms with E-state index in [0.29, 0.717) is 22.1 Å². The van der Waals surface area contributed by atoms with Crippen molar-refractivity contribution in [2.75, 3.05) is 6.54 Å². The fourth-order valence-electron chi connectivity index (χ4n) is 1.86. The van der Waals surface area contributed by atoms with E-state index in [1.165, 1.54) is 6.07 Å². The number of nitrogens with one attached hydrogen (secondary N) is 1. The molecule has 0 aliphatic rings. The summed E-state index contributed by atoms with van der Waals surface area (Å²) >= 11 is 6.19. The summed E-state index contributed by atoms with van der Waals surface area (Å²) < 4.78 is 5.64. The molecule has 0 aliphatic heterocycles. The van der Waals surface area contributed by atoms with Gasteiger partial charge in [0, 0.05) is 24.5 Å². The molecule has 0 radical (unpaired) electrons. The van der Waals surface area contributed by atoms with Crippen LogP contribution in [0.2, 0.25) is 5.02 Å². The summed E-state index contributed by atoms with van der Waals surface area (Å²) in [7, 11) is 0. The van der Waals surface area contributed by atoms with Crippen LogP contribution in [-0.4, -0.2) is 28.6 Å². The molecule has 1 amide bonds. The first kappa shape index (κ1) is 18.2. The van der Waals surface area contributed by atoms with E-state index in [2.05, 4.69) is 10.3 Å². The van der Waals surface area contributed by atoms with Crippen LogP contribution in [0.3, 0.4) is 0 Å². The van der Waals surface area contributed by atoms with Gasteiger partial charge >= 0.3 is 0 Å². The molecule has 1 heterocycles. The Balaban J connectivity index is 2.02. The molecule has 0 saturated heterocycles. The average Bonchev–Trinajstić information content (AvgIpc) is 2.54. The van der Waals surface area contributed by atoms with E-state index in [-0.39, 0.29) is 17.9 Å². The summed E-state index contributed by atoms with van der Waals surface area (Å²) in [6, 6.07) is 8.23. The molecule has 2 N–H and O–H groups in total. The largest absolute Gasteiger partial charge is 0.456 e. The van der Waals surface area contributed by atoms with Crippen molar-refractivity contribution in [2.45, 2.75) is 26.9 Å². The summed E-state index contributed by atoms with van der Waals surface area (Å²) in [5.41, 5.74) is 0.107. The molecular weight excluding hydrogens is 328 g/mol. The van der Waals surface area contributed by atoms with Gasteiger partial charge in [0.15, 0.2) is 0 Å². The fraction of sp³-hybridized carbons (Fsp3) is 0.333. The van der Waals surface area contributed by atoms with Crippen molar-refractivity contribution in [3.8, 4) is 11.5 Å². The molecule has 5 nitrogen and oxygen atoms in total. The van der Waals surface area contributed by atoms with Crippen molar-refractivity contribution < 1.29 is 14.6 Å². The third-order valence-electron chi connectivity index (χ3n) is 3.53. The minimum Gasteiger partial charge on any atom is -0.456 e. The van der Waals surface area contributed by atoms with Crippen molar-refractivity contribution in [3.63, 3.8) is 0 Å². The quantitative estimate of drug-likeness (QED) is 0.864. The Bertz CT molecular complexity index is 699. The highest BCUT2D eigenvalue weighted by Crippen LogP contribution is 2.29. The molecule has 0 saturated carbocycles. The van der Waals surface area contributed by atoms with Crippen LogP contribution in [-0.2, 0) is 0 Å². The molecule has 2 rings (SSSR count). The molecule has 1 atom stereocenters. The first-order valence-corrected chi connectivity index (χ1v) is 7.99. The second-order valence-electron chi connectivity index (χ2n) is 6.52. The number of ether oxygens (including phenoxy) is 1. The molecule has 0 bridgehead atoms. The van der Waals surface area contributed by atoms with E-state index < -0.39 is 6.10 Å². The summed E-state index contributed by atoms with van der Waals surface area (Å²) in [6.07, 6.45) is 2.60. The lowest BCUT2D eigenvalue weighted by atomic mass is 9.89. The maximum Gasteiger partial charge on any atom is 0.251 e. The highest BCUT2D eigenvalue weighted by atomic mass is 35.5. The average molecular weight is 349 g/mol. The van der Waals surface area contributed by atoms with Crippen LogP contribution in [0.5, 0.6) is 11.5 Å². The van der Waals surface area contributed by atoms with Crippen LogP contribution in [0.15, 0.2) is 42.7 Å². The molecule has 1 aromatic heterocycles. The van der Waals surface area contributed by atoms with Crippen LogP contribution in [0.25, 0.3) is 0 Å². The molecule has 2 aromatic rings. The molecular formula is C18H21ClN2O3. The Hall–Kier alpha value is -2.11. The first-order chi connectivity index (χ1) is 11.3. The van der Waals surface area contributed by atoms with Gasteiger partial charge in [0.2, 0.25) is 0 Å². The number of hydrogen-bond acceptors (Lipinski definition) is 4. The highest BCUT2D eigenvalue weighted by molar-refractivity contribution is 6.32. The highest BCUT2D eigenvalue weighted by Gasteiger charge is 2.22. The van der Waals surface area contributed by atoms with E-state index in [1.807, 2.05) is 20.8 Å². The molecule has 0 spiro atoms. The van der Waals surface area contributed by atoms with Crippen LogP contribution in [0.4, 0.5) is 0 Å². The van der Waals surface area contributed by atoms with Crippen molar-refractivity contribution in [1.29, 1.82) is 0 Å². The van der Waals surface area contributed by atoms with Crippen molar-refractivity contribution in [1.82, 2.24) is 10.3 Å². The SMILES string of the molecule is CC(C)(C)C(O)CNC(=O)c1ccc(Oc2ccncc2)c(Cl)c1. The summed E-state index contributed by atoms with van der Waals surface area (Å²) in [5, 5.41) is 13.0. The van der Waals surface area contributed by atoms with Crippen molar-refractivity contribution >= 4 is 17.5 Å². The third-order valence-corrected chi connectivity index (χ3v) is 3.82. The number of benzene rings is 1. The molecule has 128 valence electrons. The topological polar surface area (TPSA) is 71.5 Å². The Morgan fingerprint density at radius 1 is 1.29 bits per heavy atom. The number of nitrogens with zero attached hydrogens (tertiary/aromatic N) is 1. The standard InChI is InChI=1S/C18H21ClN2O3/c1-18(2,3)16(22)11-21-17(23)12-4-5-15(14(19)10-12)24-13-6-8-20-9-7-13/h4-10,16,22H,11H2,1-3H3,(H,21,23). The van der Waals surface area contributed by atoms with Gasteiger partial charge in [-0.2, -0.15) is 0 Å². The Morgan fingerprint density at radius 3 is 2.54 bits per heavy atom. The first-order valence-electron chi connectivity index (χ1n) is 7.61. The van der Waals surface area contributed by atoms with Crippen molar-refractivity contribution in [2.24, 2.45) is 5.41 Å². The summed E-state index contributed by atoms with van der Waals surface area (Å²) in [5.74, 6) is 0.766. The van der Waals surface area contributed by atoms with Crippen LogP contribution >= 0.6 is 11.6 Å². The van der Waals surface area contributed by atoms with E-state index in [1.54, 1.807) is 36.7 Å². The maximum absolute atomic E-state index is 12.2. The number of pyridine rings is 1. The molecule has 1 aromatic carbocycles. The lowest BCUT2D eigenvalue weighted by molar-refractivity contribution is 0.0587. The van der Waals surface area contributed by atoms with Gasteiger partial charge in [-0.25, -0.2) is 0 Å². The van der Waals surface area contributed by atoms with Crippen LogP contribution in [0, 0.1) is 5.41 Å². The summed E-state index contributed by atoms with van der Waals surface area (Å²) in [4.78, 5) is 16.1. The Morgan fingerprint density at radius 2 is 1.96 bits per heavy atom. The van der Waals surface area contributed by atoms with Crippen LogP contribution in [0.1, 0.15) is 31.1 Å². The third kappa shape index (κ3) is 4.94. The Labute approximate surface area is 146 Å². The number of aromatic nitrogens is 1.